The highest BCUT2D eigenvalue weighted by Gasteiger charge is 2.20. The molecule has 10 nitrogen and oxygen atoms in total. The Morgan fingerprint density at radius 3 is 2.44 bits per heavy atom. The number of nitrogens with one attached hydrogen (secondary N) is 3. The van der Waals surface area contributed by atoms with Gasteiger partial charge in [-0.05, 0) is 40.2 Å². The molecule has 2 amide bonds. The van der Waals surface area contributed by atoms with Gasteiger partial charge in [-0.2, -0.15) is 0 Å². The number of rotatable bonds is 8. The fourth-order valence-electron chi connectivity index (χ4n) is 2.53. The third-order valence-electron chi connectivity index (χ3n) is 4.06. The standard InChI is InChI=1S/C20H18BrFN4O6S2/c1-31-14-5-3-4-6-15(14)32-16-9-11(22)7-8-12(16)24-18(27)19(28)26-20-25-13(17(21)33-20)10-23-34(2,29)30/h3-9,23H,10H2,1-2H3,(H,24,27)(H,25,26,28). The minimum absolute atomic E-state index is 0.0446. The Kier molecular flexibility index (Phi) is 8.19. The number of aromatic nitrogens is 1. The van der Waals surface area contributed by atoms with E-state index < -0.39 is 27.7 Å². The molecule has 0 aliphatic rings. The van der Waals surface area contributed by atoms with Crippen molar-refractivity contribution in [3.8, 4) is 17.2 Å². The molecular weight excluding hydrogens is 555 g/mol. The molecule has 0 spiro atoms. The topological polar surface area (TPSA) is 136 Å². The predicted octanol–water partition coefficient (Wildman–Crippen LogP) is 3.47. The highest BCUT2D eigenvalue weighted by Crippen LogP contribution is 2.35. The van der Waals surface area contributed by atoms with Crippen molar-refractivity contribution in [2.75, 3.05) is 24.0 Å². The van der Waals surface area contributed by atoms with Crippen LogP contribution in [0.3, 0.4) is 0 Å². The summed E-state index contributed by atoms with van der Waals surface area (Å²) in [4.78, 5) is 28.9. The molecule has 3 N–H and O–H groups in total. The maximum Gasteiger partial charge on any atom is 0.315 e. The Bertz CT molecular complexity index is 1330. The van der Waals surface area contributed by atoms with E-state index in [4.69, 9.17) is 9.47 Å². The van der Waals surface area contributed by atoms with Gasteiger partial charge in [0.05, 0.1) is 35.1 Å². The van der Waals surface area contributed by atoms with Gasteiger partial charge < -0.3 is 14.8 Å². The molecule has 2 aromatic carbocycles. The minimum atomic E-state index is -3.44. The molecule has 0 fully saturated rings. The third-order valence-corrected chi connectivity index (χ3v) is 6.47. The Labute approximate surface area is 206 Å². The van der Waals surface area contributed by atoms with E-state index in [1.165, 1.54) is 13.2 Å². The molecule has 34 heavy (non-hydrogen) atoms. The van der Waals surface area contributed by atoms with Crippen LogP contribution in [0.1, 0.15) is 5.69 Å². The van der Waals surface area contributed by atoms with Gasteiger partial charge in [0.2, 0.25) is 10.0 Å². The zero-order chi connectivity index (χ0) is 24.9. The third kappa shape index (κ3) is 6.96. The van der Waals surface area contributed by atoms with Crippen LogP contribution in [0.5, 0.6) is 17.2 Å². The number of carbonyl (C=O) groups excluding carboxylic acids is 2. The summed E-state index contributed by atoms with van der Waals surface area (Å²) in [6, 6.07) is 10.1. The molecule has 0 aliphatic heterocycles. The second kappa shape index (κ2) is 10.9. The molecule has 3 aromatic rings. The Morgan fingerprint density at radius 2 is 1.76 bits per heavy atom. The number of hydrogen-bond donors (Lipinski definition) is 3. The van der Waals surface area contributed by atoms with Gasteiger partial charge >= 0.3 is 11.8 Å². The quantitative estimate of drug-likeness (QED) is 0.351. The van der Waals surface area contributed by atoms with Crippen molar-refractivity contribution in [1.29, 1.82) is 0 Å². The lowest BCUT2D eigenvalue weighted by atomic mass is 10.2. The van der Waals surface area contributed by atoms with Crippen molar-refractivity contribution in [2.45, 2.75) is 6.54 Å². The van der Waals surface area contributed by atoms with Crippen LogP contribution in [-0.4, -0.2) is 38.6 Å². The molecule has 0 saturated carbocycles. The molecule has 1 heterocycles. The first kappa shape index (κ1) is 25.6. The fourth-order valence-corrected chi connectivity index (χ4v) is 4.33. The number of amides is 2. The average molecular weight is 573 g/mol. The van der Waals surface area contributed by atoms with E-state index in [-0.39, 0.29) is 28.9 Å². The number of halogens is 2. The molecule has 0 atom stereocenters. The summed E-state index contributed by atoms with van der Waals surface area (Å²) in [5.74, 6) is -2.10. The first-order chi connectivity index (χ1) is 16.1. The van der Waals surface area contributed by atoms with Gasteiger partial charge in [0.1, 0.15) is 5.82 Å². The van der Waals surface area contributed by atoms with Crippen LogP contribution in [0.2, 0.25) is 0 Å². The van der Waals surface area contributed by atoms with E-state index in [9.17, 15) is 22.4 Å². The molecule has 1 aromatic heterocycles. The summed E-state index contributed by atoms with van der Waals surface area (Å²) in [5.41, 5.74) is 0.378. The molecule has 0 aliphatic carbocycles. The molecule has 0 unspecified atom stereocenters. The van der Waals surface area contributed by atoms with E-state index >= 15 is 0 Å². The largest absolute Gasteiger partial charge is 0.493 e. The smallest absolute Gasteiger partial charge is 0.315 e. The van der Waals surface area contributed by atoms with Gasteiger partial charge in [0.15, 0.2) is 22.4 Å². The Hall–Kier alpha value is -3.07. The summed E-state index contributed by atoms with van der Waals surface area (Å²) in [6.07, 6.45) is 1.00. The van der Waals surface area contributed by atoms with Crippen molar-refractivity contribution < 1.29 is 31.9 Å². The highest BCUT2D eigenvalue weighted by atomic mass is 79.9. The number of ether oxygens (including phenoxy) is 2. The van der Waals surface area contributed by atoms with E-state index in [1.54, 1.807) is 24.3 Å². The number of thiazole rings is 1. The molecular formula is C20H18BrFN4O6S2. The second-order valence-corrected chi connectivity index (χ2v) is 10.8. The van der Waals surface area contributed by atoms with Gasteiger partial charge in [-0.25, -0.2) is 22.5 Å². The van der Waals surface area contributed by atoms with Crippen molar-refractivity contribution >= 4 is 59.9 Å². The lowest BCUT2D eigenvalue weighted by Gasteiger charge is -2.14. The molecule has 3 rings (SSSR count). The average Bonchev–Trinajstić information content (AvgIpc) is 3.12. The molecule has 180 valence electrons. The number of sulfonamides is 1. The molecule has 0 saturated heterocycles. The van der Waals surface area contributed by atoms with E-state index in [1.807, 2.05) is 0 Å². The van der Waals surface area contributed by atoms with E-state index in [2.05, 4.69) is 36.3 Å². The summed E-state index contributed by atoms with van der Waals surface area (Å²) >= 11 is 4.23. The van der Waals surface area contributed by atoms with Gasteiger partial charge in [-0.1, -0.05) is 23.5 Å². The van der Waals surface area contributed by atoms with Crippen LogP contribution < -0.4 is 24.8 Å². The van der Waals surface area contributed by atoms with Gasteiger partial charge in [0, 0.05) is 6.07 Å². The van der Waals surface area contributed by atoms with E-state index in [0.717, 1.165) is 29.7 Å². The summed E-state index contributed by atoms with van der Waals surface area (Å²) in [7, 11) is -1.99. The van der Waals surface area contributed by atoms with Gasteiger partial charge in [-0.3, -0.25) is 14.9 Å². The second-order valence-electron chi connectivity index (χ2n) is 6.63. The SMILES string of the molecule is COc1ccccc1Oc1cc(F)ccc1NC(=O)C(=O)Nc1nc(CNS(C)(=O)=O)c(Br)s1. The number of hydrogen-bond acceptors (Lipinski definition) is 8. The van der Waals surface area contributed by atoms with Crippen molar-refractivity contribution in [3.05, 3.63) is 57.8 Å². The summed E-state index contributed by atoms with van der Waals surface area (Å²) in [5, 5.41) is 4.78. The Morgan fingerprint density at radius 1 is 1.09 bits per heavy atom. The summed E-state index contributed by atoms with van der Waals surface area (Å²) in [6.45, 7) is -0.1000. The summed E-state index contributed by atoms with van der Waals surface area (Å²) < 4.78 is 50.0. The highest BCUT2D eigenvalue weighted by molar-refractivity contribution is 9.11. The zero-order valence-electron chi connectivity index (χ0n) is 17.7. The van der Waals surface area contributed by atoms with Crippen LogP contribution in [0, 0.1) is 5.82 Å². The number of carbonyl (C=O) groups is 2. The van der Waals surface area contributed by atoms with Crippen LogP contribution in [0.4, 0.5) is 15.2 Å². The lowest BCUT2D eigenvalue weighted by Crippen LogP contribution is -2.29. The van der Waals surface area contributed by atoms with E-state index in [0.29, 0.717) is 15.2 Å². The maximum atomic E-state index is 13.8. The fraction of sp³-hybridized carbons (Fsp3) is 0.150. The first-order valence-corrected chi connectivity index (χ1v) is 12.9. The van der Waals surface area contributed by atoms with Gasteiger partial charge in [0.25, 0.3) is 0 Å². The number of benzene rings is 2. The lowest BCUT2D eigenvalue weighted by molar-refractivity contribution is -0.133. The first-order valence-electron chi connectivity index (χ1n) is 9.38. The number of para-hydroxylation sites is 2. The minimum Gasteiger partial charge on any atom is -0.493 e. The van der Waals surface area contributed by atoms with Crippen molar-refractivity contribution in [3.63, 3.8) is 0 Å². The monoisotopic (exact) mass is 572 g/mol. The molecule has 0 bridgehead atoms. The Balaban J connectivity index is 1.72. The van der Waals surface area contributed by atoms with Crippen LogP contribution in [-0.2, 0) is 26.2 Å². The van der Waals surface area contributed by atoms with Crippen molar-refractivity contribution in [1.82, 2.24) is 9.71 Å². The maximum absolute atomic E-state index is 13.8. The zero-order valence-corrected chi connectivity index (χ0v) is 20.9. The molecule has 0 radical (unpaired) electrons. The number of methoxy groups -OCH3 is 1. The van der Waals surface area contributed by atoms with Crippen LogP contribution in [0.15, 0.2) is 46.3 Å². The number of nitrogens with zero attached hydrogens (tertiary/aromatic N) is 1. The van der Waals surface area contributed by atoms with Crippen LogP contribution >= 0.6 is 27.3 Å². The normalized spacial score (nSPS) is 11.1. The van der Waals surface area contributed by atoms with Crippen molar-refractivity contribution in [2.24, 2.45) is 0 Å². The molecule has 14 heteroatoms. The van der Waals surface area contributed by atoms with Crippen LogP contribution in [0.25, 0.3) is 0 Å². The number of anilines is 2. The van der Waals surface area contributed by atoms with Gasteiger partial charge in [-0.15, -0.1) is 0 Å². The predicted molar refractivity (Wildman–Crippen MR) is 128 cm³/mol.